The summed E-state index contributed by atoms with van der Waals surface area (Å²) in [5.74, 6) is -1.49. The average molecular weight is 434 g/mol. The highest BCUT2D eigenvalue weighted by Crippen LogP contribution is 2.21. The van der Waals surface area contributed by atoms with Crippen LogP contribution in [0.3, 0.4) is 0 Å². The Kier molecular flexibility index (Phi) is 6.80. The van der Waals surface area contributed by atoms with Gasteiger partial charge in [0.1, 0.15) is 12.1 Å². The van der Waals surface area contributed by atoms with Crippen molar-refractivity contribution >= 4 is 31.9 Å². The van der Waals surface area contributed by atoms with Gasteiger partial charge >= 0.3 is 5.97 Å². The van der Waals surface area contributed by atoms with E-state index in [1.165, 1.54) is 19.1 Å². The van der Waals surface area contributed by atoms with Gasteiger partial charge in [-0.1, -0.05) is 18.2 Å². The topological polar surface area (TPSA) is 130 Å². The number of nitrogens with one attached hydrogen (secondary N) is 1. The summed E-state index contributed by atoms with van der Waals surface area (Å²) in [5, 5.41) is 2.37. The highest BCUT2D eigenvalue weighted by atomic mass is 32.2. The predicted octanol–water partition coefficient (Wildman–Crippen LogP) is -1.00. The van der Waals surface area contributed by atoms with Crippen molar-refractivity contribution in [2.75, 3.05) is 33.0 Å². The first-order valence-corrected chi connectivity index (χ1v) is 11.7. The molecule has 28 heavy (non-hydrogen) atoms. The number of carbonyl (C=O) groups is 2. The molecule has 1 aromatic rings. The standard InChI is InChI=1S/C16H23N3O7S2/c1-12(16(21)26-2)17-15(20)14-11-18(9-10-19(14)27(3,22)23)28(24,25)13-7-5-4-6-8-13/h4-8,12,14H,9-11H2,1-3H3,(H,17,20). The molecule has 0 spiro atoms. The normalized spacial score (nSPS) is 20.3. The van der Waals surface area contributed by atoms with Crippen molar-refractivity contribution in [1.82, 2.24) is 13.9 Å². The number of sulfonamides is 2. The Labute approximate surface area is 164 Å². The Bertz CT molecular complexity index is 932. The Balaban J connectivity index is 2.30. The molecule has 1 N–H and O–H groups in total. The number of esters is 1. The molecule has 2 atom stereocenters. The maximum absolute atomic E-state index is 12.8. The number of carbonyl (C=O) groups excluding carboxylic acids is 2. The SMILES string of the molecule is COC(=O)C(C)NC(=O)C1CN(S(=O)(=O)c2ccccc2)CCN1S(C)(=O)=O. The molecule has 1 amide bonds. The Morgan fingerprint density at radius 2 is 1.75 bits per heavy atom. The van der Waals surface area contributed by atoms with E-state index >= 15 is 0 Å². The smallest absolute Gasteiger partial charge is 0.328 e. The van der Waals surface area contributed by atoms with Crippen molar-refractivity contribution in [2.45, 2.75) is 23.9 Å². The van der Waals surface area contributed by atoms with Gasteiger partial charge in [-0.15, -0.1) is 0 Å². The van der Waals surface area contributed by atoms with E-state index in [0.717, 1.165) is 22.0 Å². The lowest BCUT2D eigenvalue weighted by molar-refractivity contribution is -0.145. The van der Waals surface area contributed by atoms with Crippen LogP contribution in [0.15, 0.2) is 35.2 Å². The van der Waals surface area contributed by atoms with Crippen molar-refractivity contribution < 1.29 is 31.2 Å². The minimum atomic E-state index is -3.91. The molecule has 2 rings (SSSR count). The second-order valence-electron chi connectivity index (χ2n) is 6.32. The third kappa shape index (κ3) is 4.87. The molecule has 2 unspecified atom stereocenters. The minimum Gasteiger partial charge on any atom is -0.467 e. The number of methoxy groups -OCH3 is 1. The van der Waals surface area contributed by atoms with Crippen LogP contribution in [0.4, 0.5) is 0 Å². The van der Waals surface area contributed by atoms with E-state index < -0.39 is 44.0 Å². The van der Waals surface area contributed by atoms with Gasteiger partial charge in [-0.2, -0.15) is 8.61 Å². The van der Waals surface area contributed by atoms with Crippen LogP contribution in [0.2, 0.25) is 0 Å². The molecule has 1 saturated heterocycles. The van der Waals surface area contributed by atoms with Gasteiger partial charge in [-0.25, -0.2) is 21.6 Å². The summed E-state index contributed by atoms with van der Waals surface area (Å²) >= 11 is 0. The number of piperazine rings is 1. The van der Waals surface area contributed by atoms with Crippen molar-refractivity contribution in [2.24, 2.45) is 0 Å². The van der Waals surface area contributed by atoms with Crippen LogP contribution in [-0.4, -0.2) is 82.4 Å². The van der Waals surface area contributed by atoms with Gasteiger partial charge in [0.05, 0.1) is 18.3 Å². The Morgan fingerprint density at radius 3 is 2.29 bits per heavy atom. The van der Waals surface area contributed by atoms with Crippen molar-refractivity contribution in [3.8, 4) is 0 Å². The summed E-state index contributed by atoms with van der Waals surface area (Å²) < 4.78 is 56.4. The molecule has 1 heterocycles. The van der Waals surface area contributed by atoms with Gasteiger partial charge in [-0.3, -0.25) is 4.79 Å². The molecular weight excluding hydrogens is 410 g/mol. The van der Waals surface area contributed by atoms with E-state index in [-0.39, 0.29) is 24.5 Å². The van der Waals surface area contributed by atoms with Crippen molar-refractivity contribution in [3.05, 3.63) is 30.3 Å². The lowest BCUT2D eigenvalue weighted by Gasteiger charge is -2.38. The third-order valence-corrected chi connectivity index (χ3v) is 7.49. The number of ether oxygens (including phenoxy) is 1. The zero-order chi connectivity index (χ0) is 21.1. The highest BCUT2D eigenvalue weighted by molar-refractivity contribution is 7.89. The molecule has 0 aliphatic carbocycles. The van der Waals surface area contributed by atoms with Crippen LogP contribution in [0, 0.1) is 0 Å². The fourth-order valence-electron chi connectivity index (χ4n) is 2.86. The minimum absolute atomic E-state index is 0.0462. The lowest BCUT2D eigenvalue weighted by Crippen LogP contribution is -2.62. The molecule has 1 fully saturated rings. The molecule has 0 radical (unpaired) electrons. The Hall–Kier alpha value is -2.02. The zero-order valence-corrected chi connectivity index (χ0v) is 17.4. The first-order chi connectivity index (χ1) is 13.0. The van der Waals surface area contributed by atoms with Crippen molar-refractivity contribution in [1.29, 1.82) is 0 Å². The summed E-state index contributed by atoms with van der Waals surface area (Å²) in [6.07, 6.45) is 0.943. The van der Waals surface area contributed by atoms with Crippen LogP contribution >= 0.6 is 0 Å². The van der Waals surface area contributed by atoms with Crippen LogP contribution < -0.4 is 5.32 Å². The molecule has 156 valence electrons. The molecule has 0 bridgehead atoms. The molecule has 0 saturated carbocycles. The second-order valence-corrected chi connectivity index (χ2v) is 10.2. The summed E-state index contributed by atoms with van der Waals surface area (Å²) in [4.78, 5) is 24.2. The molecule has 1 aromatic carbocycles. The largest absolute Gasteiger partial charge is 0.467 e. The van der Waals surface area contributed by atoms with Crippen LogP contribution in [-0.2, 0) is 34.4 Å². The zero-order valence-electron chi connectivity index (χ0n) is 15.7. The first-order valence-electron chi connectivity index (χ1n) is 8.38. The Morgan fingerprint density at radius 1 is 1.14 bits per heavy atom. The molecule has 10 nitrogen and oxygen atoms in total. The van der Waals surface area contributed by atoms with E-state index in [2.05, 4.69) is 10.1 Å². The fraction of sp³-hybridized carbons (Fsp3) is 0.500. The van der Waals surface area contributed by atoms with E-state index in [9.17, 15) is 26.4 Å². The second kappa shape index (κ2) is 8.55. The number of amides is 1. The number of nitrogens with zero attached hydrogens (tertiary/aromatic N) is 2. The predicted molar refractivity (Wildman–Crippen MR) is 100 cm³/mol. The number of hydrogen-bond acceptors (Lipinski definition) is 7. The van der Waals surface area contributed by atoms with Crippen LogP contribution in [0.5, 0.6) is 0 Å². The van der Waals surface area contributed by atoms with Gasteiger partial charge < -0.3 is 10.1 Å². The van der Waals surface area contributed by atoms with E-state index in [1.807, 2.05) is 0 Å². The third-order valence-electron chi connectivity index (χ3n) is 4.32. The number of benzene rings is 1. The van der Waals surface area contributed by atoms with Crippen LogP contribution in [0.1, 0.15) is 6.92 Å². The quantitative estimate of drug-likeness (QED) is 0.570. The molecule has 12 heteroatoms. The molecule has 1 aliphatic heterocycles. The highest BCUT2D eigenvalue weighted by Gasteiger charge is 2.42. The van der Waals surface area contributed by atoms with Crippen LogP contribution in [0.25, 0.3) is 0 Å². The maximum Gasteiger partial charge on any atom is 0.328 e. The first kappa shape index (κ1) is 22.3. The van der Waals surface area contributed by atoms with E-state index in [1.54, 1.807) is 18.2 Å². The van der Waals surface area contributed by atoms with E-state index in [4.69, 9.17) is 0 Å². The van der Waals surface area contributed by atoms with Gasteiger partial charge in [0.2, 0.25) is 26.0 Å². The number of rotatable bonds is 6. The monoisotopic (exact) mass is 433 g/mol. The lowest BCUT2D eigenvalue weighted by atomic mass is 10.2. The maximum atomic E-state index is 12.8. The molecule has 0 aromatic heterocycles. The fourth-order valence-corrected chi connectivity index (χ4v) is 5.35. The van der Waals surface area contributed by atoms with Gasteiger partial charge in [0.15, 0.2) is 0 Å². The van der Waals surface area contributed by atoms with Gasteiger partial charge in [0, 0.05) is 19.6 Å². The molecule has 1 aliphatic rings. The van der Waals surface area contributed by atoms with Gasteiger partial charge in [-0.05, 0) is 19.1 Å². The van der Waals surface area contributed by atoms with E-state index in [0.29, 0.717) is 0 Å². The van der Waals surface area contributed by atoms with Gasteiger partial charge in [0.25, 0.3) is 0 Å². The van der Waals surface area contributed by atoms with Crippen molar-refractivity contribution in [3.63, 3.8) is 0 Å². The summed E-state index contributed by atoms with van der Waals surface area (Å²) in [5.41, 5.74) is 0. The summed E-state index contributed by atoms with van der Waals surface area (Å²) in [6.45, 7) is 0.732. The average Bonchev–Trinajstić information content (AvgIpc) is 2.66. The number of hydrogen-bond donors (Lipinski definition) is 1. The summed E-state index contributed by atoms with van der Waals surface area (Å²) in [6, 6.07) is 5.34. The molecular formula is C16H23N3O7S2. The summed E-state index contributed by atoms with van der Waals surface area (Å²) in [7, 11) is -6.53.